The van der Waals surface area contributed by atoms with Crippen LogP contribution in [0.2, 0.25) is 0 Å². The number of hydrogen-bond donors (Lipinski definition) is 2. The minimum absolute atomic E-state index is 0.136. The van der Waals surface area contributed by atoms with E-state index in [4.69, 9.17) is 8.37 Å². The first-order valence-corrected chi connectivity index (χ1v) is 24.4. The Bertz CT molecular complexity index is 2070. The van der Waals surface area contributed by atoms with Crippen molar-refractivity contribution in [3.05, 3.63) is 107 Å². The van der Waals surface area contributed by atoms with Crippen molar-refractivity contribution in [1.82, 2.24) is 0 Å². The van der Waals surface area contributed by atoms with Crippen LogP contribution in [0.4, 0.5) is 26.3 Å². The van der Waals surface area contributed by atoms with Crippen LogP contribution in [0, 0.1) is 0 Å². The molecule has 0 heterocycles. The van der Waals surface area contributed by atoms with Gasteiger partial charge in [-0.15, -0.1) is 25.3 Å². The maximum atomic E-state index is 16.2. The Morgan fingerprint density at radius 3 is 1.08 bits per heavy atom. The van der Waals surface area contributed by atoms with Crippen molar-refractivity contribution in [2.75, 3.05) is 0 Å². The monoisotopic (exact) mass is 932 g/mol. The predicted molar refractivity (Wildman–Crippen MR) is 232 cm³/mol. The molecular weight excluding hydrogens is 879 g/mol. The summed E-state index contributed by atoms with van der Waals surface area (Å²) >= 11 is 8.80. The molecular formula is C45H54F6O6S4. The molecule has 0 atom stereocenters. The summed E-state index contributed by atoms with van der Waals surface area (Å²) in [5.74, 6) is -2.63. The highest BCUT2D eigenvalue weighted by molar-refractivity contribution is 7.87. The van der Waals surface area contributed by atoms with Crippen LogP contribution in [0.25, 0.3) is 0 Å². The van der Waals surface area contributed by atoms with Crippen LogP contribution >= 0.6 is 25.3 Å². The van der Waals surface area contributed by atoms with Gasteiger partial charge < -0.3 is 8.37 Å². The Morgan fingerprint density at radius 1 is 0.459 bits per heavy atom. The Morgan fingerprint density at radius 2 is 0.770 bits per heavy atom. The Labute approximate surface area is 367 Å². The van der Waals surface area contributed by atoms with Crippen LogP contribution in [-0.4, -0.2) is 29.2 Å². The van der Waals surface area contributed by atoms with E-state index < -0.39 is 80.2 Å². The number of aryl methyl sites for hydroxylation is 2. The zero-order chi connectivity index (χ0) is 44.9. The van der Waals surface area contributed by atoms with Gasteiger partial charge in [0, 0.05) is 11.1 Å². The van der Waals surface area contributed by atoms with Crippen molar-refractivity contribution in [2.45, 2.75) is 154 Å². The van der Waals surface area contributed by atoms with Crippen LogP contribution < -0.4 is 8.37 Å². The number of unbranched alkanes of at least 4 members (excludes halogenated alkanes) is 12. The summed E-state index contributed by atoms with van der Waals surface area (Å²) in [6, 6.07) is 15.6. The molecule has 0 spiro atoms. The summed E-state index contributed by atoms with van der Waals surface area (Å²) in [5.41, 5.74) is -8.22. The van der Waals surface area contributed by atoms with E-state index in [1.165, 1.54) is 36.4 Å². The fraction of sp³-hybridized carbons (Fsp3) is 0.467. The normalized spacial score (nSPS) is 12.8. The lowest BCUT2D eigenvalue weighted by Gasteiger charge is -2.40. The van der Waals surface area contributed by atoms with E-state index in [9.17, 15) is 16.8 Å². The number of hydrogen-bond acceptors (Lipinski definition) is 8. The molecule has 0 radical (unpaired) electrons. The molecule has 0 fully saturated rings. The van der Waals surface area contributed by atoms with Gasteiger partial charge in [0.2, 0.25) is 5.41 Å². The number of thiol groups is 2. The Hall–Kier alpha value is -3.34. The molecule has 0 aromatic heterocycles. The highest BCUT2D eigenvalue weighted by Crippen LogP contribution is 2.62. The lowest BCUT2D eigenvalue weighted by molar-refractivity contribution is -0.289. The number of benzene rings is 4. The minimum Gasteiger partial charge on any atom is -0.377 e. The van der Waals surface area contributed by atoms with Crippen molar-refractivity contribution < 1.29 is 51.5 Å². The highest BCUT2D eigenvalue weighted by Gasteiger charge is 2.75. The lowest BCUT2D eigenvalue weighted by atomic mass is 9.71. The zero-order valence-corrected chi connectivity index (χ0v) is 37.7. The van der Waals surface area contributed by atoms with E-state index in [1.807, 2.05) is 0 Å². The summed E-state index contributed by atoms with van der Waals surface area (Å²) in [4.78, 5) is -2.19. The summed E-state index contributed by atoms with van der Waals surface area (Å²) in [7, 11) is -10.2. The average Bonchev–Trinajstić information content (AvgIpc) is 3.20. The van der Waals surface area contributed by atoms with Crippen LogP contribution in [-0.2, 0) is 38.5 Å². The Balaban J connectivity index is 2.01. The molecule has 0 unspecified atom stereocenters. The Kier molecular flexibility index (Phi) is 18.4. The quantitative estimate of drug-likeness (QED) is 0.0315. The predicted octanol–water partition coefficient (Wildman–Crippen LogP) is 13.8. The first kappa shape index (κ1) is 50.3. The largest absolute Gasteiger partial charge is 0.411 e. The molecule has 4 aromatic carbocycles. The molecule has 16 heteroatoms. The summed E-state index contributed by atoms with van der Waals surface area (Å²) < 4.78 is 163. The highest BCUT2D eigenvalue weighted by atomic mass is 32.2. The fourth-order valence-electron chi connectivity index (χ4n) is 7.34. The maximum absolute atomic E-state index is 16.2. The molecule has 0 aliphatic carbocycles. The van der Waals surface area contributed by atoms with Gasteiger partial charge in [-0.3, -0.25) is 0 Å². The molecule has 0 amide bonds. The molecule has 336 valence electrons. The van der Waals surface area contributed by atoms with Crippen molar-refractivity contribution in [1.29, 1.82) is 0 Å². The second-order valence-electron chi connectivity index (χ2n) is 15.1. The van der Waals surface area contributed by atoms with Gasteiger partial charge in [0.1, 0.15) is 9.79 Å². The third kappa shape index (κ3) is 12.4. The smallest absolute Gasteiger partial charge is 0.377 e. The van der Waals surface area contributed by atoms with E-state index in [0.717, 1.165) is 101 Å². The first-order chi connectivity index (χ1) is 28.8. The minimum atomic E-state index is -6.34. The second kappa shape index (κ2) is 22.3. The van der Waals surface area contributed by atoms with Crippen LogP contribution in [0.15, 0.2) is 105 Å². The molecule has 0 aliphatic rings. The van der Waals surface area contributed by atoms with Crippen molar-refractivity contribution >= 4 is 45.5 Å². The van der Waals surface area contributed by atoms with Gasteiger partial charge in [0.05, 0.1) is 9.79 Å². The number of rotatable bonds is 24. The molecule has 61 heavy (non-hydrogen) atoms. The van der Waals surface area contributed by atoms with E-state index in [2.05, 4.69) is 39.1 Å². The standard InChI is InChI=1S/C45H54F6O6S4/c1-3-5-7-9-11-13-17-23-33-29-31-37(39(41(33)58)56-60(52,53)35-25-19-15-20-26-35)43(44(46,47)48,45(49,50)51)38-32-30-34(24-18-14-12-10-8-6-4-2)42(59)40(38)57-61(54,55)36-27-21-16-22-28-36/h15-16,19-22,25-32,58-59H,3-14,17-18,23-24H2,1-2H3. The molecule has 0 N–H and O–H groups in total. The molecule has 0 saturated heterocycles. The van der Waals surface area contributed by atoms with Gasteiger partial charge in [-0.25, -0.2) is 0 Å². The van der Waals surface area contributed by atoms with E-state index in [1.54, 1.807) is 0 Å². The molecule has 6 nitrogen and oxygen atoms in total. The third-order valence-electron chi connectivity index (χ3n) is 10.6. The zero-order valence-electron chi connectivity index (χ0n) is 34.3. The summed E-state index contributed by atoms with van der Waals surface area (Å²) in [6.45, 7) is 4.15. The average molecular weight is 933 g/mol. The lowest BCUT2D eigenvalue weighted by Crippen LogP contribution is -2.55. The van der Waals surface area contributed by atoms with E-state index >= 15 is 26.3 Å². The summed E-state index contributed by atoms with van der Waals surface area (Å²) in [6.07, 6.45) is -0.274. The molecule has 0 aliphatic heterocycles. The van der Waals surface area contributed by atoms with Gasteiger partial charge in [-0.1, -0.05) is 152 Å². The van der Waals surface area contributed by atoms with Gasteiger partial charge in [-0.2, -0.15) is 43.2 Å². The number of halogens is 6. The third-order valence-corrected chi connectivity index (χ3v) is 14.1. The van der Waals surface area contributed by atoms with E-state index in [0.29, 0.717) is 37.8 Å². The van der Waals surface area contributed by atoms with Crippen LogP contribution in [0.3, 0.4) is 0 Å². The topological polar surface area (TPSA) is 86.7 Å². The van der Waals surface area contributed by atoms with Gasteiger partial charge in [-0.05, 0) is 61.1 Å². The van der Waals surface area contributed by atoms with Crippen molar-refractivity contribution in [3.8, 4) is 11.5 Å². The maximum Gasteiger partial charge on any atom is 0.411 e. The molecule has 4 aromatic rings. The second-order valence-corrected chi connectivity index (χ2v) is 19.1. The summed E-state index contributed by atoms with van der Waals surface area (Å²) in [5, 5.41) is 0. The fourth-order valence-corrected chi connectivity index (χ4v) is 10.1. The van der Waals surface area contributed by atoms with Crippen molar-refractivity contribution in [2.24, 2.45) is 0 Å². The SMILES string of the molecule is CCCCCCCCCc1ccc(C(c2ccc(CCCCCCCCC)c(S)c2OS(=O)(=O)c2ccccc2)(C(F)(F)F)C(F)(F)F)c(OS(=O)(=O)c2ccccc2)c1S. The molecule has 4 rings (SSSR count). The van der Waals surface area contributed by atoms with E-state index in [-0.39, 0.29) is 24.0 Å². The van der Waals surface area contributed by atoms with Gasteiger partial charge in [0.25, 0.3) is 0 Å². The van der Waals surface area contributed by atoms with Gasteiger partial charge in [0.15, 0.2) is 11.5 Å². The number of alkyl halides is 6. The van der Waals surface area contributed by atoms with Crippen LogP contribution in [0.1, 0.15) is 126 Å². The van der Waals surface area contributed by atoms with Crippen LogP contribution in [0.5, 0.6) is 11.5 Å². The molecule has 0 bridgehead atoms. The first-order valence-electron chi connectivity index (χ1n) is 20.7. The van der Waals surface area contributed by atoms with Gasteiger partial charge >= 0.3 is 32.6 Å². The molecule has 0 saturated carbocycles. The van der Waals surface area contributed by atoms with Crippen molar-refractivity contribution in [3.63, 3.8) is 0 Å².